The number of rotatable bonds is 2. The van der Waals surface area contributed by atoms with Gasteiger partial charge in [-0.3, -0.25) is 0 Å². The summed E-state index contributed by atoms with van der Waals surface area (Å²) < 4.78 is 2.06. The first-order valence-corrected chi connectivity index (χ1v) is 5.69. The van der Waals surface area contributed by atoms with Crippen molar-refractivity contribution in [3.8, 4) is 5.75 Å². The molecule has 3 nitrogen and oxygen atoms in total. The molecule has 0 amide bonds. The SMILES string of the molecule is CC.Cn1cc(CCN)c2cc(O)ccc21. The highest BCUT2D eigenvalue weighted by Gasteiger charge is 2.05. The summed E-state index contributed by atoms with van der Waals surface area (Å²) in [5.41, 5.74) is 7.85. The lowest BCUT2D eigenvalue weighted by Crippen LogP contribution is -2.01. The predicted molar refractivity (Wildman–Crippen MR) is 68.7 cm³/mol. The lowest BCUT2D eigenvalue weighted by molar-refractivity contribution is 0.476. The van der Waals surface area contributed by atoms with Crippen LogP contribution in [0.4, 0.5) is 0 Å². The lowest BCUT2D eigenvalue weighted by Gasteiger charge is -1.97. The van der Waals surface area contributed by atoms with E-state index in [0.717, 1.165) is 17.3 Å². The van der Waals surface area contributed by atoms with Crippen LogP contribution in [0, 0.1) is 0 Å². The van der Waals surface area contributed by atoms with Gasteiger partial charge in [0.25, 0.3) is 0 Å². The first-order valence-electron chi connectivity index (χ1n) is 5.69. The van der Waals surface area contributed by atoms with Gasteiger partial charge in [-0.15, -0.1) is 0 Å². The molecule has 1 aromatic carbocycles. The minimum atomic E-state index is 0.307. The highest BCUT2D eigenvalue weighted by Crippen LogP contribution is 2.24. The van der Waals surface area contributed by atoms with Crippen LogP contribution in [0.2, 0.25) is 0 Å². The molecule has 0 saturated heterocycles. The van der Waals surface area contributed by atoms with Gasteiger partial charge in [0.2, 0.25) is 0 Å². The second-order valence-corrected chi connectivity index (χ2v) is 3.51. The van der Waals surface area contributed by atoms with Crippen LogP contribution in [0.15, 0.2) is 24.4 Å². The second kappa shape index (κ2) is 5.56. The monoisotopic (exact) mass is 220 g/mol. The number of aryl methyl sites for hydroxylation is 1. The maximum Gasteiger partial charge on any atom is 0.116 e. The van der Waals surface area contributed by atoms with Crippen LogP contribution >= 0.6 is 0 Å². The van der Waals surface area contributed by atoms with Crippen LogP contribution in [0.5, 0.6) is 5.75 Å². The predicted octanol–water partition coefficient (Wildman–Crippen LogP) is 2.41. The molecule has 3 N–H and O–H groups in total. The first kappa shape index (κ1) is 12.6. The molecule has 0 atom stereocenters. The molecule has 3 heteroatoms. The van der Waals surface area contributed by atoms with Gasteiger partial charge in [0, 0.05) is 24.1 Å². The van der Waals surface area contributed by atoms with Gasteiger partial charge in [0.15, 0.2) is 0 Å². The third-order valence-electron chi connectivity index (χ3n) is 2.47. The van der Waals surface area contributed by atoms with Crippen molar-refractivity contribution >= 4 is 10.9 Å². The Bertz CT molecular complexity index is 460. The fourth-order valence-electron chi connectivity index (χ4n) is 1.82. The molecule has 0 bridgehead atoms. The average Bonchev–Trinajstić information content (AvgIpc) is 2.59. The Kier molecular flexibility index (Phi) is 4.38. The molecule has 88 valence electrons. The Morgan fingerprint density at radius 3 is 2.62 bits per heavy atom. The Morgan fingerprint density at radius 2 is 2.00 bits per heavy atom. The van der Waals surface area contributed by atoms with Crippen molar-refractivity contribution in [1.29, 1.82) is 0 Å². The normalized spacial score (nSPS) is 10.0. The molecule has 0 aliphatic rings. The summed E-state index contributed by atoms with van der Waals surface area (Å²) in [5, 5.41) is 10.5. The number of nitrogens with zero attached hydrogens (tertiary/aromatic N) is 1. The number of aromatic hydroxyl groups is 1. The number of hydrogen-bond acceptors (Lipinski definition) is 2. The molecular formula is C13H20N2O. The summed E-state index contributed by atoms with van der Waals surface area (Å²) in [6.07, 6.45) is 2.91. The van der Waals surface area contributed by atoms with Crippen molar-refractivity contribution in [1.82, 2.24) is 4.57 Å². The average molecular weight is 220 g/mol. The van der Waals surface area contributed by atoms with Crippen LogP contribution in [0.25, 0.3) is 10.9 Å². The number of fused-ring (bicyclic) bond motifs is 1. The molecule has 2 rings (SSSR count). The van der Waals surface area contributed by atoms with E-state index in [0.29, 0.717) is 12.3 Å². The summed E-state index contributed by atoms with van der Waals surface area (Å²) in [6.45, 7) is 4.63. The molecule has 2 aromatic rings. The lowest BCUT2D eigenvalue weighted by atomic mass is 10.1. The van der Waals surface area contributed by atoms with E-state index in [9.17, 15) is 5.11 Å². The number of aromatic nitrogens is 1. The van der Waals surface area contributed by atoms with E-state index in [1.807, 2.05) is 27.0 Å². The minimum absolute atomic E-state index is 0.307. The Hall–Kier alpha value is -1.48. The summed E-state index contributed by atoms with van der Waals surface area (Å²) in [5.74, 6) is 0.307. The zero-order valence-corrected chi connectivity index (χ0v) is 10.2. The molecule has 0 spiro atoms. The zero-order valence-electron chi connectivity index (χ0n) is 10.2. The quantitative estimate of drug-likeness (QED) is 0.816. The smallest absolute Gasteiger partial charge is 0.116 e. The Morgan fingerprint density at radius 1 is 1.31 bits per heavy atom. The molecule has 1 heterocycles. The zero-order chi connectivity index (χ0) is 12.1. The molecule has 1 aromatic heterocycles. The number of nitrogens with two attached hydrogens (primary N) is 1. The molecular weight excluding hydrogens is 200 g/mol. The van der Waals surface area contributed by atoms with Crippen molar-refractivity contribution in [2.24, 2.45) is 12.8 Å². The third-order valence-corrected chi connectivity index (χ3v) is 2.47. The summed E-state index contributed by atoms with van der Waals surface area (Å²) in [7, 11) is 2.00. The standard InChI is InChI=1S/C11H14N2O.C2H6/c1-13-7-8(4-5-12)10-6-9(14)2-3-11(10)13;1-2/h2-3,6-7,14H,4-5,12H2,1H3;1-2H3. The minimum Gasteiger partial charge on any atom is -0.508 e. The number of phenols is 1. The van der Waals surface area contributed by atoms with E-state index in [1.165, 1.54) is 5.56 Å². The number of phenolic OH excluding ortho intramolecular Hbond substituents is 1. The summed E-state index contributed by atoms with van der Waals surface area (Å²) >= 11 is 0. The van der Waals surface area contributed by atoms with E-state index in [2.05, 4.69) is 10.8 Å². The van der Waals surface area contributed by atoms with Crippen LogP contribution < -0.4 is 5.73 Å². The molecule has 0 radical (unpaired) electrons. The van der Waals surface area contributed by atoms with E-state index in [-0.39, 0.29) is 0 Å². The highest BCUT2D eigenvalue weighted by atomic mass is 16.3. The van der Waals surface area contributed by atoms with E-state index in [1.54, 1.807) is 12.1 Å². The molecule has 0 aliphatic heterocycles. The second-order valence-electron chi connectivity index (χ2n) is 3.51. The van der Waals surface area contributed by atoms with Crippen LogP contribution in [0.1, 0.15) is 19.4 Å². The topological polar surface area (TPSA) is 51.2 Å². The van der Waals surface area contributed by atoms with E-state index in [4.69, 9.17) is 5.73 Å². The third kappa shape index (κ3) is 2.36. The van der Waals surface area contributed by atoms with Gasteiger partial charge < -0.3 is 15.4 Å². The maximum atomic E-state index is 9.39. The first-order chi connectivity index (χ1) is 7.72. The summed E-state index contributed by atoms with van der Waals surface area (Å²) in [4.78, 5) is 0. The molecule has 0 saturated carbocycles. The Labute approximate surface area is 96.5 Å². The molecule has 0 unspecified atom stereocenters. The van der Waals surface area contributed by atoms with Gasteiger partial charge >= 0.3 is 0 Å². The van der Waals surface area contributed by atoms with Gasteiger partial charge in [0.05, 0.1) is 0 Å². The highest BCUT2D eigenvalue weighted by molar-refractivity contribution is 5.85. The fourth-order valence-corrected chi connectivity index (χ4v) is 1.82. The van der Waals surface area contributed by atoms with Gasteiger partial charge in [-0.1, -0.05) is 13.8 Å². The van der Waals surface area contributed by atoms with E-state index < -0.39 is 0 Å². The van der Waals surface area contributed by atoms with Crippen molar-refractivity contribution in [3.05, 3.63) is 30.0 Å². The van der Waals surface area contributed by atoms with Gasteiger partial charge in [0.1, 0.15) is 5.75 Å². The fraction of sp³-hybridized carbons (Fsp3) is 0.385. The van der Waals surface area contributed by atoms with Crippen molar-refractivity contribution in [2.45, 2.75) is 20.3 Å². The number of hydrogen-bond donors (Lipinski definition) is 2. The van der Waals surface area contributed by atoms with Crippen molar-refractivity contribution < 1.29 is 5.11 Å². The molecule has 0 fully saturated rings. The largest absolute Gasteiger partial charge is 0.508 e. The van der Waals surface area contributed by atoms with Crippen LogP contribution in [0.3, 0.4) is 0 Å². The summed E-state index contributed by atoms with van der Waals surface area (Å²) in [6, 6.07) is 5.42. The van der Waals surface area contributed by atoms with Gasteiger partial charge in [-0.25, -0.2) is 0 Å². The van der Waals surface area contributed by atoms with Crippen LogP contribution in [-0.2, 0) is 13.5 Å². The molecule has 16 heavy (non-hydrogen) atoms. The van der Waals surface area contributed by atoms with Gasteiger partial charge in [-0.05, 0) is 36.7 Å². The maximum absolute atomic E-state index is 9.39. The number of benzene rings is 1. The Balaban J connectivity index is 0.000000606. The van der Waals surface area contributed by atoms with Crippen molar-refractivity contribution in [2.75, 3.05) is 6.54 Å². The van der Waals surface area contributed by atoms with Crippen molar-refractivity contribution in [3.63, 3.8) is 0 Å². The van der Waals surface area contributed by atoms with Gasteiger partial charge in [-0.2, -0.15) is 0 Å². The molecule has 0 aliphatic carbocycles. The van der Waals surface area contributed by atoms with E-state index >= 15 is 0 Å². The van der Waals surface area contributed by atoms with Crippen LogP contribution in [-0.4, -0.2) is 16.2 Å².